The Morgan fingerprint density at radius 3 is 2.78 bits per heavy atom. The molecular formula is C26H34N6. The molecule has 168 valence electrons. The van der Waals surface area contributed by atoms with Crippen molar-refractivity contribution in [2.75, 3.05) is 44.2 Å². The average molecular weight is 431 g/mol. The van der Waals surface area contributed by atoms with E-state index >= 15 is 0 Å². The average Bonchev–Trinajstić information content (AvgIpc) is 3.26. The summed E-state index contributed by atoms with van der Waals surface area (Å²) in [7, 11) is 0. The number of hydrogen-bond acceptors (Lipinski definition) is 5. The summed E-state index contributed by atoms with van der Waals surface area (Å²) in [5.41, 5.74) is 5.00. The number of piperidine rings is 1. The molecule has 0 N–H and O–H groups in total. The lowest BCUT2D eigenvalue weighted by Crippen LogP contribution is -2.46. The maximum Gasteiger partial charge on any atom is 0.138 e. The van der Waals surface area contributed by atoms with E-state index in [-0.39, 0.29) is 0 Å². The summed E-state index contributed by atoms with van der Waals surface area (Å²) in [4.78, 5) is 17.6. The third-order valence-corrected chi connectivity index (χ3v) is 7.88. The van der Waals surface area contributed by atoms with E-state index in [1.165, 1.54) is 48.5 Å². The molecule has 5 heterocycles. The van der Waals surface area contributed by atoms with Crippen LogP contribution in [0.1, 0.15) is 49.2 Å². The van der Waals surface area contributed by atoms with Crippen molar-refractivity contribution in [3.8, 4) is 0 Å². The first-order chi connectivity index (χ1) is 15.8. The van der Waals surface area contributed by atoms with Gasteiger partial charge in [0.2, 0.25) is 0 Å². The van der Waals surface area contributed by atoms with Crippen molar-refractivity contribution in [2.45, 2.75) is 45.2 Å². The second-order valence-electron chi connectivity index (χ2n) is 9.67. The Hall–Kier alpha value is -2.44. The van der Waals surface area contributed by atoms with Crippen LogP contribution in [0.3, 0.4) is 0 Å². The minimum Gasteiger partial charge on any atom is -0.355 e. The quantitative estimate of drug-likeness (QED) is 0.630. The first-order valence-electron chi connectivity index (χ1n) is 12.4. The van der Waals surface area contributed by atoms with E-state index in [0.29, 0.717) is 6.04 Å². The maximum absolute atomic E-state index is 5.05. The molecule has 2 saturated heterocycles. The van der Waals surface area contributed by atoms with Crippen LogP contribution in [0.4, 0.5) is 5.82 Å². The summed E-state index contributed by atoms with van der Waals surface area (Å²) in [5, 5.41) is 0. The predicted octanol–water partition coefficient (Wildman–Crippen LogP) is 3.77. The van der Waals surface area contributed by atoms with Gasteiger partial charge in [-0.25, -0.2) is 4.98 Å². The summed E-state index contributed by atoms with van der Waals surface area (Å²) in [6.07, 6.45) is 9.34. The number of imidazole rings is 1. The minimum atomic E-state index is 0.445. The van der Waals surface area contributed by atoms with Gasteiger partial charge in [-0.3, -0.25) is 14.3 Å². The number of anilines is 1. The highest BCUT2D eigenvalue weighted by Gasteiger charge is 2.37. The maximum atomic E-state index is 5.05. The molecule has 6 rings (SSSR count). The number of nitrogens with zero attached hydrogens (tertiary/aromatic N) is 6. The van der Waals surface area contributed by atoms with Crippen LogP contribution < -0.4 is 4.90 Å². The Morgan fingerprint density at radius 2 is 1.91 bits per heavy atom. The molecular weight excluding hydrogens is 396 g/mol. The molecule has 6 heteroatoms. The van der Waals surface area contributed by atoms with E-state index in [1.54, 1.807) is 0 Å². The molecule has 2 unspecified atom stereocenters. The standard InChI is InChI=1S/C26H34N6/c1-2-29-14-16-30(17-15-29)24-9-3-8-23-28-22(19-32(23)24)18-31-13-5-7-21-11-10-20-6-4-12-27-25(20)26(21)31/h3-4,6,8-9,12,19,21,26H,2,5,7,10-11,13-18H2,1H3. The number of aryl methyl sites for hydroxylation is 1. The monoisotopic (exact) mass is 430 g/mol. The highest BCUT2D eigenvalue weighted by molar-refractivity contribution is 5.53. The van der Waals surface area contributed by atoms with E-state index in [0.717, 1.165) is 57.4 Å². The normalized spacial score (nSPS) is 24.5. The van der Waals surface area contributed by atoms with E-state index in [4.69, 9.17) is 9.97 Å². The number of piperazine rings is 1. The van der Waals surface area contributed by atoms with Crippen LogP contribution in [0, 0.1) is 5.92 Å². The van der Waals surface area contributed by atoms with E-state index in [1.807, 2.05) is 6.20 Å². The highest BCUT2D eigenvalue weighted by atomic mass is 15.3. The van der Waals surface area contributed by atoms with Gasteiger partial charge >= 0.3 is 0 Å². The van der Waals surface area contributed by atoms with E-state index < -0.39 is 0 Å². The molecule has 2 atom stereocenters. The molecule has 0 spiro atoms. The van der Waals surface area contributed by atoms with Crippen LogP contribution in [0.25, 0.3) is 5.65 Å². The van der Waals surface area contributed by atoms with Crippen LogP contribution in [0.15, 0.2) is 42.7 Å². The van der Waals surface area contributed by atoms with Gasteiger partial charge in [0.1, 0.15) is 11.5 Å². The summed E-state index contributed by atoms with van der Waals surface area (Å²) < 4.78 is 2.31. The first kappa shape index (κ1) is 20.2. The van der Waals surface area contributed by atoms with Gasteiger partial charge in [0.05, 0.1) is 17.4 Å². The van der Waals surface area contributed by atoms with Gasteiger partial charge in [0, 0.05) is 45.1 Å². The molecule has 3 aromatic rings. The molecule has 3 aliphatic rings. The minimum absolute atomic E-state index is 0.445. The number of aromatic nitrogens is 3. The Bertz CT molecular complexity index is 1080. The number of rotatable bonds is 4. The Morgan fingerprint density at radius 1 is 1.00 bits per heavy atom. The van der Waals surface area contributed by atoms with Gasteiger partial charge in [0.15, 0.2) is 0 Å². The van der Waals surface area contributed by atoms with Crippen LogP contribution in [0.5, 0.6) is 0 Å². The largest absolute Gasteiger partial charge is 0.355 e. The van der Waals surface area contributed by atoms with E-state index in [9.17, 15) is 0 Å². The van der Waals surface area contributed by atoms with Crippen LogP contribution in [0.2, 0.25) is 0 Å². The third kappa shape index (κ3) is 3.59. The smallest absolute Gasteiger partial charge is 0.138 e. The van der Waals surface area contributed by atoms with Crippen molar-refractivity contribution in [3.05, 3.63) is 59.7 Å². The van der Waals surface area contributed by atoms with Crippen molar-refractivity contribution in [1.82, 2.24) is 24.2 Å². The van der Waals surface area contributed by atoms with Gasteiger partial charge in [-0.2, -0.15) is 0 Å². The summed E-state index contributed by atoms with van der Waals surface area (Å²) >= 11 is 0. The summed E-state index contributed by atoms with van der Waals surface area (Å²) in [6.45, 7) is 9.87. The fourth-order valence-corrected chi connectivity index (χ4v) is 6.18. The molecule has 0 bridgehead atoms. The molecule has 32 heavy (non-hydrogen) atoms. The van der Waals surface area contributed by atoms with E-state index in [2.05, 4.69) is 62.6 Å². The molecule has 3 aromatic heterocycles. The van der Waals surface area contributed by atoms with Crippen LogP contribution in [-0.4, -0.2) is 63.4 Å². The van der Waals surface area contributed by atoms with Gasteiger partial charge in [-0.1, -0.05) is 19.1 Å². The van der Waals surface area contributed by atoms with Crippen LogP contribution in [-0.2, 0) is 13.0 Å². The van der Waals surface area contributed by atoms with Crippen molar-refractivity contribution in [1.29, 1.82) is 0 Å². The lowest BCUT2D eigenvalue weighted by atomic mass is 9.77. The molecule has 0 saturated carbocycles. The molecule has 0 aromatic carbocycles. The number of fused-ring (bicyclic) bond motifs is 4. The number of likely N-dealkylation sites (N-methyl/N-ethyl adjacent to an activating group) is 1. The summed E-state index contributed by atoms with van der Waals surface area (Å²) in [6, 6.07) is 11.4. The molecule has 1 aliphatic carbocycles. The second kappa shape index (κ2) is 8.49. The Balaban J connectivity index is 1.27. The van der Waals surface area contributed by atoms with Crippen molar-refractivity contribution < 1.29 is 0 Å². The molecule has 2 fully saturated rings. The van der Waals surface area contributed by atoms with Gasteiger partial charge < -0.3 is 9.80 Å². The fraction of sp³-hybridized carbons (Fsp3) is 0.538. The zero-order chi connectivity index (χ0) is 21.5. The lowest BCUT2D eigenvalue weighted by molar-refractivity contribution is 0.0687. The van der Waals surface area contributed by atoms with Crippen LogP contribution >= 0.6 is 0 Å². The number of pyridine rings is 2. The van der Waals surface area contributed by atoms with Gasteiger partial charge in [-0.05, 0) is 68.5 Å². The zero-order valence-electron chi connectivity index (χ0n) is 19.2. The van der Waals surface area contributed by atoms with Crippen molar-refractivity contribution in [2.24, 2.45) is 5.92 Å². The third-order valence-electron chi connectivity index (χ3n) is 7.88. The van der Waals surface area contributed by atoms with Crippen molar-refractivity contribution in [3.63, 3.8) is 0 Å². The predicted molar refractivity (Wildman–Crippen MR) is 128 cm³/mol. The van der Waals surface area contributed by atoms with Crippen molar-refractivity contribution >= 4 is 11.5 Å². The first-order valence-corrected chi connectivity index (χ1v) is 12.4. The second-order valence-corrected chi connectivity index (χ2v) is 9.67. The lowest BCUT2D eigenvalue weighted by Gasteiger charge is -2.44. The Labute approximate surface area is 190 Å². The summed E-state index contributed by atoms with van der Waals surface area (Å²) in [5.74, 6) is 2.01. The Kier molecular flexibility index (Phi) is 5.35. The number of hydrogen-bond donors (Lipinski definition) is 0. The SMILES string of the molecule is CCN1CCN(c2cccc3nc(CN4CCCC5CCc6cccnc6C54)cn23)CC1. The van der Waals surface area contributed by atoms with Gasteiger partial charge in [0.25, 0.3) is 0 Å². The highest BCUT2D eigenvalue weighted by Crippen LogP contribution is 2.43. The molecule has 2 aliphatic heterocycles. The molecule has 0 radical (unpaired) electrons. The van der Waals surface area contributed by atoms with Gasteiger partial charge in [-0.15, -0.1) is 0 Å². The molecule has 6 nitrogen and oxygen atoms in total. The fourth-order valence-electron chi connectivity index (χ4n) is 6.18. The zero-order valence-corrected chi connectivity index (χ0v) is 19.2. The topological polar surface area (TPSA) is 39.9 Å². The molecule has 0 amide bonds. The number of likely N-dealkylation sites (tertiary alicyclic amines) is 1.